The first-order chi connectivity index (χ1) is 6.03. The van der Waals surface area contributed by atoms with E-state index in [-0.39, 0.29) is 0 Å². The average Bonchev–Trinajstić information content (AvgIpc) is 2.46. The molecule has 1 heterocycles. The number of nitrogens with zero attached hydrogens (tertiary/aromatic N) is 3. The molecule has 0 radical (unpaired) electrons. The molecule has 0 aliphatic rings. The molecule has 0 saturated carbocycles. The minimum atomic E-state index is -0.435. The van der Waals surface area contributed by atoms with E-state index in [2.05, 4.69) is 10.1 Å². The minimum Gasteiger partial charge on any atom is -0.368 e. The highest BCUT2D eigenvalue weighted by Crippen LogP contribution is 2.22. The summed E-state index contributed by atoms with van der Waals surface area (Å²) in [6.07, 6.45) is 1.62. The molecule has 4 N–H and O–H groups in total. The van der Waals surface area contributed by atoms with Crippen molar-refractivity contribution in [3.05, 3.63) is 5.82 Å². The second kappa shape index (κ2) is 3.33. The topological polar surface area (TPSA) is 82.7 Å². The molecule has 0 atom stereocenters. The monoisotopic (exact) mass is 183 g/mol. The second-order valence-electron chi connectivity index (χ2n) is 3.28. The standard InChI is InChI=1S/C8H17N5/c1-4-8(10,5-2)6-11-7(9)13(3)12-6/h4-5,10H2,1-3H3,(H2,9,11,12). The summed E-state index contributed by atoms with van der Waals surface area (Å²) in [5.74, 6) is 1.05. The van der Waals surface area contributed by atoms with E-state index in [1.807, 2.05) is 13.8 Å². The third kappa shape index (κ3) is 1.65. The Morgan fingerprint density at radius 1 is 1.38 bits per heavy atom. The molecule has 0 saturated heterocycles. The molecule has 0 bridgehead atoms. The summed E-state index contributed by atoms with van der Waals surface area (Å²) < 4.78 is 1.54. The zero-order valence-electron chi connectivity index (χ0n) is 8.41. The van der Waals surface area contributed by atoms with Crippen LogP contribution < -0.4 is 11.5 Å². The van der Waals surface area contributed by atoms with Crippen molar-refractivity contribution in [1.29, 1.82) is 0 Å². The first-order valence-corrected chi connectivity index (χ1v) is 4.49. The van der Waals surface area contributed by atoms with Gasteiger partial charge in [0.2, 0.25) is 5.95 Å². The molecule has 13 heavy (non-hydrogen) atoms. The van der Waals surface area contributed by atoms with Gasteiger partial charge in [-0.25, -0.2) is 4.68 Å². The Morgan fingerprint density at radius 2 is 1.92 bits per heavy atom. The summed E-state index contributed by atoms with van der Waals surface area (Å²) in [5, 5.41) is 4.18. The van der Waals surface area contributed by atoms with Gasteiger partial charge >= 0.3 is 0 Å². The van der Waals surface area contributed by atoms with Gasteiger partial charge < -0.3 is 11.5 Å². The van der Waals surface area contributed by atoms with Gasteiger partial charge in [0.15, 0.2) is 5.82 Å². The number of nitrogens with two attached hydrogens (primary N) is 2. The van der Waals surface area contributed by atoms with E-state index in [4.69, 9.17) is 11.5 Å². The van der Waals surface area contributed by atoms with Crippen LogP contribution in [-0.2, 0) is 12.6 Å². The summed E-state index contributed by atoms with van der Waals surface area (Å²) >= 11 is 0. The van der Waals surface area contributed by atoms with Gasteiger partial charge in [0, 0.05) is 7.05 Å². The summed E-state index contributed by atoms with van der Waals surface area (Å²) in [6.45, 7) is 4.05. The van der Waals surface area contributed by atoms with Gasteiger partial charge in [0.1, 0.15) is 0 Å². The highest BCUT2D eigenvalue weighted by Gasteiger charge is 2.28. The van der Waals surface area contributed by atoms with Crippen LogP contribution >= 0.6 is 0 Å². The number of aromatic nitrogens is 3. The van der Waals surface area contributed by atoms with Crippen LogP contribution in [-0.4, -0.2) is 14.8 Å². The Morgan fingerprint density at radius 3 is 2.23 bits per heavy atom. The number of aryl methyl sites for hydroxylation is 1. The van der Waals surface area contributed by atoms with Crippen molar-refractivity contribution in [3.8, 4) is 0 Å². The second-order valence-corrected chi connectivity index (χ2v) is 3.28. The van der Waals surface area contributed by atoms with Crippen LogP contribution in [0.4, 0.5) is 5.95 Å². The Bertz CT molecular complexity index is 267. The van der Waals surface area contributed by atoms with Gasteiger partial charge in [-0.1, -0.05) is 13.8 Å². The fourth-order valence-electron chi connectivity index (χ4n) is 1.17. The van der Waals surface area contributed by atoms with Crippen molar-refractivity contribution in [2.24, 2.45) is 12.8 Å². The normalized spacial score (nSPS) is 12.0. The number of hydrogen-bond donors (Lipinski definition) is 2. The molecule has 0 aliphatic carbocycles. The molecule has 1 aromatic heterocycles. The maximum atomic E-state index is 6.11. The minimum absolute atomic E-state index is 0.409. The molecule has 1 rings (SSSR count). The maximum absolute atomic E-state index is 6.11. The van der Waals surface area contributed by atoms with E-state index in [0.29, 0.717) is 11.8 Å². The summed E-state index contributed by atoms with van der Waals surface area (Å²) in [5.41, 5.74) is 11.3. The van der Waals surface area contributed by atoms with Gasteiger partial charge in [-0.05, 0) is 12.8 Å². The van der Waals surface area contributed by atoms with Crippen LogP contribution in [0.5, 0.6) is 0 Å². The van der Waals surface area contributed by atoms with Gasteiger partial charge in [-0.15, -0.1) is 0 Å². The summed E-state index contributed by atoms with van der Waals surface area (Å²) in [6, 6.07) is 0. The van der Waals surface area contributed by atoms with Gasteiger partial charge in [-0.2, -0.15) is 10.1 Å². The fraction of sp³-hybridized carbons (Fsp3) is 0.750. The SMILES string of the molecule is CCC(N)(CC)c1nc(N)n(C)n1. The number of hydrogen-bond acceptors (Lipinski definition) is 4. The average molecular weight is 183 g/mol. The lowest BCUT2D eigenvalue weighted by molar-refractivity contribution is 0.386. The van der Waals surface area contributed by atoms with Gasteiger partial charge in [0.25, 0.3) is 0 Å². The van der Waals surface area contributed by atoms with Crippen LogP contribution in [0.25, 0.3) is 0 Å². The summed E-state index contributed by atoms with van der Waals surface area (Å²) in [7, 11) is 1.76. The van der Waals surface area contributed by atoms with Crippen molar-refractivity contribution in [1.82, 2.24) is 14.8 Å². The predicted octanol–water partition coefficient (Wildman–Crippen LogP) is 0.371. The lowest BCUT2D eigenvalue weighted by Gasteiger charge is -2.22. The van der Waals surface area contributed by atoms with E-state index in [1.54, 1.807) is 11.7 Å². The van der Waals surface area contributed by atoms with Crippen LogP contribution in [0.3, 0.4) is 0 Å². The van der Waals surface area contributed by atoms with Crippen molar-refractivity contribution in [2.75, 3.05) is 5.73 Å². The largest absolute Gasteiger partial charge is 0.368 e. The van der Waals surface area contributed by atoms with Crippen LogP contribution in [0.1, 0.15) is 32.5 Å². The van der Waals surface area contributed by atoms with Crippen molar-refractivity contribution < 1.29 is 0 Å². The summed E-state index contributed by atoms with van der Waals surface area (Å²) in [4.78, 5) is 4.13. The van der Waals surface area contributed by atoms with Crippen LogP contribution in [0.15, 0.2) is 0 Å². The van der Waals surface area contributed by atoms with E-state index in [0.717, 1.165) is 12.8 Å². The molecule has 5 heteroatoms. The zero-order chi connectivity index (χ0) is 10.1. The predicted molar refractivity (Wildman–Crippen MR) is 51.9 cm³/mol. The molecule has 0 amide bonds. The van der Waals surface area contributed by atoms with Crippen molar-refractivity contribution in [3.63, 3.8) is 0 Å². The molecular weight excluding hydrogens is 166 g/mol. The molecule has 0 unspecified atom stereocenters. The lowest BCUT2D eigenvalue weighted by atomic mass is 9.94. The Labute approximate surface area is 78.1 Å². The smallest absolute Gasteiger partial charge is 0.218 e. The van der Waals surface area contributed by atoms with Crippen LogP contribution in [0, 0.1) is 0 Å². The Kier molecular flexibility index (Phi) is 2.56. The molecule has 1 aromatic rings. The van der Waals surface area contributed by atoms with Crippen molar-refractivity contribution in [2.45, 2.75) is 32.2 Å². The molecule has 0 aromatic carbocycles. The molecule has 0 fully saturated rings. The molecule has 0 aliphatic heterocycles. The highest BCUT2D eigenvalue weighted by atomic mass is 15.4. The Hall–Kier alpha value is -1.10. The highest BCUT2D eigenvalue weighted by molar-refractivity contribution is 5.19. The zero-order valence-corrected chi connectivity index (χ0v) is 8.41. The number of rotatable bonds is 3. The first-order valence-electron chi connectivity index (χ1n) is 4.49. The third-order valence-corrected chi connectivity index (χ3v) is 2.50. The van der Waals surface area contributed by atoms with Gasteiger partial charge in [-0.3, -0.25) is 0 Å². The maximum Gasteiger partial charge on any atom is 0.218 e. The first kappa shape index (κ1) is 9.98. The molecule has 74 valence electrons. The molecule has 5 nitrogen and oxygen atoms in total. The lowest BCUT2D eigenvalue weighted by Crippen LogP contribution is -2.36. The number of anilines is 1. The molecular formula is C8H17N5. The number of nitrogen functional groups attached to an aromatic ring is 1. The third-order valence-electron chi connectivity index (χ3n) is 2.50. The van der Waals surface area contributed by atoms with E-state index >= 15 is 0 Å². The van der Waals surface area contributed by atoms with Crippen molar-refractivity contribution >= 4 is 5.95 Å². The quantitative estimate of drug-likeness (QED) is 0.709. The van der Waals surface area contributed by atoms with E-state index in [1.165, 1.54) is 0 Å². The van der Waals surface area contributed by atoms with Crippen LogP contribution in [0.2, 0.25) is 0 Å². The van der Waals surface area contributed by atoms with Gasteiger partial charge in [0.05, 0.1) is 5.54 Å². The van der Waals surface area contributed by atoms with E-state index < -0.39 is 5.54 Å². The molecule has 0 spiro atoms. The Balaban J connectivity index is 3.05. The van der Waals surface area contributed by atoms with E-state index in [9.17, 15) is 0 Å². The fourth-order valence-corrected chi connectivity index (χ4v) is 1.17.